The van der Waals surface area contributed by atoms with E-state index in [1.54, 1.807) is 18.9 Å². The third kappa shape index (κ3) is 4.60. The lowest BCUT2D eigenvalue weighted by Gasteiger charge is -2.48. The molecule has 0 bridgehead atoms. The van der Waals surface area contributed by atoms with Crippen LogP contribution in [0.1, 0.15) is 87.1 Å². The minimum Gasteiger partial charge on any atom is -0.381 e. The third-order valence-electron chi connectivity index (χ3n) is 7.85. The fraction of sp³-hybridized carbons (Fsp3) is 0.731. The Bertz CT molecular complexity index is 1100. The van der Waals surface area contributed by atoms with Crippen molar-refractivity contribution in [3.8, 4) is 0 Å². The second-order valence-electron chi connectivity index (χ2n) is 11.1. The summed E-state index contributed by atoms with van der Waals surface area (Å²) in [6, 6.07) is 0.122. The molecule has 0 N–H and O–H groups in total. The lowest BCUT2D eigenvalue weighted by Crippen LogP contribution is -2.58. The number of aryl methyl sites for hydroxylation is 1. The summed E-state index contributed by atoms with van der Waals surface area (Å²) in [6.45, 7) is 10.5. The molecule has 9 heteroatoms. The van der Waals surface area contributed by atoms with E-state index in [0.29, 0.717) is 17.9 Å². The molecule has 0 spiro atoms. The maximum atomic E-state index is 14.1. The van der Waals surface area contributed by atoms with Gasteiger partial charge in [-0.25, -0.2) is 4.68 Å². The normalized spacial score (nSPS) is 24.0. The Morgan fingerprint density at radius 1 is 1.17 bits per heavy atom. The number of hydrogen-bond acceptors (Lipinski definition) is 6. The fourth-order valence-electron chi connectivity index (χ4n) is 5.94. The van der Waals surface area contributed by atoms with Gasteiger partial charge in [-0.2, -0.15) is 0 Å². The molecule has 1 saturated carbocycles. The highest BCUT2D eigenvalue weighted by molar-refractivity contribution is 6.06. The lowest BCUT2D eigenvalue weighted by atomic mass is 9.73. The van der Waals surface area contributed by atoms with Crippen LogP contribution in [0.15, 0.2) is 15.6 Å². The van der Waals surface area contributed by atoms with Gasteiger partial charge in [-0.3, -0.25) is 19.2 Å². The van der Waals surface area contributed by atoms with E-state index in [1.165, 1.54) is 12.7 Å². The zero-order valence-electron chi connectivity index (χ0n) is 22.2. The first-order valence-electron chi connectivity index (χ1n) is 12.7. The van der Waals surface area contributed by atoms with Crippen molar-refractivity contribution in [2.75, 3.05) is 18.6 Å². The number of anilines is 1. The number of carbonyl (C=O) groups excluding carboxylic acids is 1. The summed E-state index contributed by atoms with van der Waals surface area (Å²) in [5.41, 5.74) is 1.46. The van der Waals surface area contributed by atoms with Gasteiger partial charge in [0.25, 0.3) is 11.5 Å². The van der Waals surface area contributed by atoms with E-state index in [1.807, 2.05) is 23.3 Å². The lowest BCUT2D eigenvalue weighted by molar-refractivity contribution is -0.136. The van der Waals surface area contributed by atoms with Crippen LogP contribution in [0.4, 0.5) is 5.69 Å². The van der Waals surface area contributed by atoms with Crippen molar-refractivity contribution >= 4 is 11.6 Å². The monoisotopic (exact) mass is 488 g/mol. The molecule has 2 aromatic heterocycles. The number of methoxy groups -OCH3 is 1. The summed E-state index contributed by atoms with van der Waals surface area (Å²) >= 11 is 0. The molecule has 1 amide bonds. The largest absolute Gasteiger partial charge is 0.381 e. The van der Waals surface area contributed by atoms with Crippen LogP contribution in [-0.2, 0) is 16.5 Å². The highest BCUT2D eigenvalue weighted by Crippen LogP contribution is 2.41. The Hall–Kier alpha value is -2.39. The smallest absolute Gasteiger partial charge is 0.291 e. The summed E-state index contributed by atoms with van der Waals surface area (Å²) in [6.07, 6.45) is 6.68. The van der Waals surface area contributed by atoms with Crippen molar-refractivity contribution in [3.63, 3.8) is 0 Å². The van der Waals surface area contributed by atoms with Gasteiger partial charge in [-0.05, 0) is 38.5 Å². The number of amides is 1. The Morgan fingerprint density at radius 2 is 1.86 bits per heavy atom. The predicted octanol–water partition coefficient (Wildman–Crippen LogP) is 4.37. The van der Waals surface area contributed by atoms with Crippen molar-refractivity contribution in [2.45, 2.75) is 91.5 Å². The first kappa shape index (κ1) is 25.7. The molecule has 3 unspecified atom stereocenters. The van der Waals surface area contributed by atoms with Gasteiger partial charge in [-0.1, -0.05) is 45.2 Å². The van der Waals surface area contributed by atoms with E-state index in [9.17, 15) is 9.59 Å². The first-order valence-corrected chi connectivity index (χ1v) is 12.7. The van der Waals surface area contributed by atoms with Crippen LogP contribution in [0.2, 0.25) is 0 Å². The zero-order valence-corrected chi connectivity index (χ0v) is 22.2. The highest BCUT2D eigenvalue weighted by Gasteiger charge is 2.48. The Kier molecular flexibility index (Phi) is 7.29. The van der Waals surface area contributed by atoms with Gasteiger partial charge in [-0.15, -0.1) is 0 Å². The minimum atomic E-state index is -0.689. The number of aromatic nitrogens is 3. The van der Waals surface area contributed by atoms with Crippen LogP contribution >= 0.6 is 0 Å². The highest BCUT2D eigenvalue weighted by atomic mass is 16.5. The van der Waals surface area contributed by atoms with Crippen molar-refractivity contribution < 1.29 is 18.8 Å². The fourth-order valence-corrected chi connectivity index (χ4v) is 5.94. The van der Waals surface area contributed by atoms with Crippen LogP contribution in [0.5, 0.6) is 0 Å². The third-order valence-corrected chi connectivity index (χ3v) is 7.85. The van der Waals surface area contributed by atoms with Gasteiger partial charge in [0.05, 0.1) is 24.4 Å². The minimum absolute atomic E-state index is 0.118. The molecular formula is C26H40N4O5. The summed E-state index contributed by atoms with van der Waals surface area (Å²) in [5.74, 6) is -0.562. The average molecular weight is 489 g/mol. The molecule has 2 fully saturated rings. The quantitative estimate of drug-likeness (QED) is 0.621. The summed E-state index contributed by atoms with van der Waals surface area (Å²) in [7, 11) is 3.60. The van der Waals surface area contributed by atoms with Gasteiger partial charge in [0.2, 0.25) is 0 Å². The molecule has 2 aromatic rings. The van der Waals surface area contributed by atoms with Gasteiger partial charge >= 0.3 is 0 Å². The van der Waals surface area contributed by atoms with Gasteiger partial charge in [0.1, 0.15) is 18.2 Å². The second kappa shape index (κ2) is 9.93. The predicted molar refractivity (Wildman–Crippen MR) is 133 cm³/mol. The van der Waals surface area contributed by atoms with Crippen LogP contribution < -0.4 is 10.5 Å². The van der Waals surface area contributed by atoms with E-state index >= 15 is 0 Å². The number of nitrogens with zero attached hydrogens (tertiary/aromatic N) is 4. The number of ether oxygens (including phenoxy) is 2. The van der Waals surface area contributed by atoms with E-state index in [2.05, 4.69) is 25.9 Å². The number of rotatable bonds is 5. The van der Waals surface area contributed by atoms with E-state index in [4.69, 9.17) is 14.0 Å². The molecule has 9 nitrogen and oxygen atoms in total. The van der Waals surface area contributed by atoms with Crippen LogP contribution in [0.25, 0.3) is 0 Å². The summed E-state index contributed by atoms with van der Waals surface area (Å²) in [4.78, 5) is 29.7. The standard InChI is InChI=1S/C26H40N4O5/c1-16-15-35-27-21(16)23(31)29(25-20(26(3,4)5)19(33-7)13-14-34-25)22-17(2)28(6)30(24(22)32)18-11-9-8-10-12-18/h15,18-20,25H,8-14H2,1-7H3. The molecule has 0 radical (unpaired) electrons. The van der Waals surface area contributed by atoms with E-state index in [0.717, 1.165) is 37.8 Å². The molecular weight excluding hydrogens is 448 g/mol. The van der Waals surface area contributed by atoms with E-state index < -0.39 is 12.1 Å². The molecule has 35 heavy (non-hydrogen) atoms. The topological polar surface area (TPSA) is 91.7 Å². The first-order chi connectivity index (χ1) is 16.6. The summed E-state index contributed by atoms with van der Waals surface area (Å²) in [5, 5.41) is 3.99. The molecule has 3 atom stereocenters. The van der Waals surface area contributed by atoms with E-state index in [-0.39, 0.29) is 34.7 Å². The van der Waals surface area contributed by atoms with Gasteiger partial charge < -0.3 is 14.0 Å². The number of hydrogen-bond donors (Lipinski definition) is 0. The van der Waals surface area contributed by atoms with Gasteiger partial charge in [0.15, 0.2) is 5.69 Å². The Labute approximate surface area is 207 Å². The molecule has 2 aliphatic rings. The molecule has 0 aromatic carbocycles. The molecule has 4 rings (SSSR count). The van der Waals surface area contributed by atoms with Crippen molar-refractivity contribution in [2.24, 2.45) is 18.4 Å². The van der Waals surface area contributed by atoms with Crippen molar-refractivity contribution in [1.29, 1.82) is 0 Å². The maximum Gasteiger partial charge on any atom is 0.291 e. The molecule has 1 saturated heterocycles. The van der Waals surface area contributed by atoms with Crippen LogP contribution in [0, 0.1) is 25.2 Å². The SMILES string of the molecule is COC1CCOC(N(C(=O)c2nocc2C)c2c(C)n(C)n(C3CCCCC3)c2=O)C1C(C)(C)C. The Morgan fingerprint density at radius 3 is 2.43 bits per heavy atom. The van der Waals surface area contributed by atoms with Gasteiger partial charge in [0, 0.05) is 25.6 Å². The zero-order chi connectivity index (χ0) is 25.5. The molecule has 1 aliphatic heterocycles. The average Bonchev–Trinajstić information content (AvgIpc) is 3.35. The number of carbonyl (C=O) groups is 1. The van der Waals surface area contributed by atoms with Crippen molar-refractivity contribution in [3.05, 3.63) is 33.6 Å². The Balaban J connectivity index is 1.91. The summed E-state index contributed by atoms with van der Waals surface area (Å²) < 4.78 is 21.1. The maximum absolute atomic E-state index is 14.1. The van der Waals surface area contributed by atoms with Crippen LogP contribution in [-0.4, -0.2) is 46.5 Å². The molecule has 1 aliphatic carbocycles. The molecule has 194 valence electrons. The van der Waals surface area contributed by atoms with Crippen LogP contribution in [0.3, 0.4) is 0 Å². The second-order valence-corrected chi connectivity index (χ2v) is 11.1. The molecule has 3 heterocycles. The van der Waals surface area contributed by atoms with Crippen molar-refractivity contribution in [1.82, 2.24) is 14.5 Å².